The van der Waals surface area contributed by atoms with Gasteiger partial charge in [-0.2, -0.15) is 0 Å². The van der Waals surface area contributed by atoms with Crippen LogP contribution in [-0.2, 0) is 0 Å². The van der Waals surface area contributed by atoms with E-state index in [0.29, 0.717) is 12.4 Å². The Labute approximate surface area is 125 Å². The Balaban J connectivity index is 3.19. The SMILES string of the molecule is CCCNc1ncnc(NC(CC)(CC)CC)c1[N+](=O)[O-]. The summed E-state index contributed by atoms with van der Waals surface area (Å²) < 4.78 is 0. The zero-order valence-corrected chi connectivity index (χ0v) is 13.3. The Kier molecular flexibility index (Phi) is 6.33. The third-order valence-corrected chi connectivity index (χ3v) is 3.96. The van der Waals surface area contributed by atoms with Crippen LogP contribution in [0.4, 0.5) is 17.3 Å². The van der Waals surface area contributed by atoms with Crippen LogP contribution in [0, 0.1) is 10.1 Å². The maximum atomic E-state index is 11.4. The molecule has 1 rings (SSSR count). The van der Waals surface area contributed by atoms with Gasteiger partial charge in [0.1, 0.15) is 6.33 Å². The lowest BCUT2D eigenvalue weighted by Crippen LogP contribution is -2.36. The minimum Gasteiger partial charge on any atom is -0.364 e. The number of rotatable bonds is 9. The second-order valence-corrected chi connectivity index (χ2v) is 5.07. The lowest BCUT2D eigenvalue weighted by atomic mass is 9.90. The van der Waals surface area contributed by atoms with Crippen molar-refractivity contribution in [2.45, 2.75) is 58.9 Å². The van der Waals surface area contributed by atoms with E-state index in [9.17, 15) is 10.1 Å². The van der Waals surface area contributed by atoms with Crippen molar-refractivity contribution in [3.05, 3.63) is 16.4 Å². The molecule has 0 aromatic carbocycles. The van der Waals surface area contributed by atoms with E-state index < -0.39 is 4.92 Å². The van der Waals surface area contributed by atoms with E-state index in [1.807, 2.05) is 6.92 Å². The molecule has 7 nitrogen and oxygen atoms in total. The van der Waals surface area contributed by atoms with Crippen LogP contribution in [0.15, 0.2) is 6.33 Å². The highest BCUT2D eigenvalue weighted by atomic mass is 16.6. The number of hydrogen-bond donors (Lipinski definition) is 2. The maximum absolute atomic E-state index is 11.4. The van der Waals surface area contributed by atoms with Crippen molar-refractivity contribution in [3.8, 4) is 0 Å². The van der Waals surface area contributed by atoms with Gasteiger partial charge in [0.05, 0.1) is 4.92 Å². The topological polar surface area (TPSA) is 93.0 Å². The largest absolute Gasteiger partial charge is 0.364 e. The molecule has 0 atom stereocenters. The number of anilines is 2. The van der Waals surface area contributed by atoms with Gasteiger partial charge in [0.25, 0.3) is 0 Å². The Morgan fingerprint density at radius 3 is 2.19 bits per heavy atom. The highest BCUT2D eigenvalue weighted by molar-refractivity contribution is 5.69. The van der Waals surface area contributed by atoms with Crippen LogP contribution in [0.5, 0.6) is 0 Å². The van der Waals surface area contributed by atoms with Gasteiger partial charge < -0.3 is 10.6 Å². The van der Waals surface area contributed by atoms with Crippen molar-refractivity contribution in [2.75, 3.05) is 17.2 Å². The smallest absolute Gasteiger partial charge is 0.353 e. The number of aromatic nitrogens is 2. The average Bonchev–Trinajstić information content (AvgIpc) is 2.50. The first-order valence-electron chi connectivity index (χ1n) is 7.55. The lowest BCUT2D eigenvalue weighted by molar-refractivity contribution is -0.383. The van der Waals surface area contributed by atoms with Crippen LogP contribution < -0.4 is 10.6 Å². The molecule has 0 fully saturated rings. The summed E-state index contributed by atoms with van der Waals surface area (Å²) in [5.74, 6) is 0.565. The minimum atomic E-state index is -0.425. The van der Waals surface area contributed by atoms with Gasteiger partial charge in [0.15, 0.2) is 0 Å². The molecule has 118 valence electrons. The summed E-state index contributed by atoms with van der Waals surface area (Å²) in [7, 11) is 0. The molecule has 0 aliphatic carbocycles. The molecular weight excluding hydrogens is 270 g/mol. The average molecular weight is 295 g/mol. The molecule has 0 amide bonds. The normalized spacial score (nSPS) is 11.2. The molecular formula is C14H25N5O2. The molecule has 21 heavy (non-hydrogen) atoms. The molecule has 0 saturated heterocycles. The molecule has 1 aromatic heterocycles. The third kappa shape index (κ3) is 4.03. The molecule has 2 N–H and O–H groups in total. The monoisotopic (exact) mass is 295 g/mol. The van der Waals surface area contributed by atoms with Crippen LogP contribution >= 0.6 is 0 Å². The number of hydrogen-bond acceptors (Lipinski definition) is 6. The molecule has 1 aromatic rings. The summed E-state index contributed by atoms with van der Waals surface area (Å²) in [6, 6.07) is 0. The van der Waals surface area contributed by atoms with Gasteiger partial charge >= 0.3 is 5.69 Å². The number of nitro groups is 1. The molecule has 0 unspecified atom stereocenters. The van der Waals surface area contributed by atoms with E-state index in [0.717, 1.165) is 25.7 Å². The van der Waals surface area contributed by atoms with E-state index in [1.54, 1.807) is 0 Å². The van der Waals surface area contributed by atoms with Gasteiger partial charge in [-0.1, -0.05) is 27.7 Å². The number of nitrogens with zero attached hydrogens (tertiary/aromatic N) is 3. The molecule has 0 aliphatic heterocycles. The zero-order chi connectivity index (χ0) is 15.9. The van der Waals surface area contributed by atoms with Gasteiger partial charge in [0, 0.05) is 12.1 Å². The van der Waals surface area contributed by atoms with Crippen molar-refractivity contribution < 1.29 is 4.92 Å². The first-order valence-corrected chi connectivity index (χ1v) is 7.55. The van der Waals surface area contributed by atoms with E-state index in [4.69, 9.17) is 0 Å². The van der Waals surface area contributed by atoms with Crippen molar-refractivity contribution in [3.63, 3.8) is 0 Å². The van der Waals surface area contributed by atoms with Crippen LogP contribution in [-0.4, -0.2) is 27.0 Å². The summed E-state index contributed by atoms with van der Waals surface area (Å²) in [4.78, 5) is 19.1. The van der Waals surface area contributed by atoms with Gasteiger partial charge in [0.2, 0.25) is 11.6 Å². The van der Waals surface area contributed by atoms with E-state index in [2.05, 4.69) is 41.4 Å². The summed E-state index contributed by atoms with van der Waals surface area (Å²) >= 11 is 0. The fraction of sp³-hybridized carbons (Fsp3) is 0.714. The van der Waals surface area contributed by atoms with Gasteiger partial charge in [-0.05, 0) is 25.7 Å². The van der Waals surface area contributed by atoms with Crippen LogP contribution in [0.25, 0.3) is 0 Å². The zero-order valence-electron chi connectivity index (χ0n) is 13.3. The molecule has 0 aliphatic rings. The third-order valence-electron chi connectivity index (χ3n) is 3.96. The summed E-state index contributed by atoms with van der Waals surface area (Å²) in [6.45, 7) is 8.85. The van der Waals surface area contributed by atoms with Gasteiger partial charge in [-0.25, -0.2) is 9.97 Å². The number of nitrogens with one attached hydrogen (secondary N) is 2. The predicted molar refractivity (Wildman–Crippen MR) is 84.7 cm³/mol. The maximum Gasteiger partial charge on any atom is 0.353 e. The van der Waals surface area contributed by atoms with Crippen LogP contribution in [0.1, 0.15) is 53.4 Å². The first-order chi connectivity index (χ1) is 10.0. The fourth-order valence-electron chi connectivity index (χ4n) is 2.28. The Hall–Kier alpha value is -1.92. The van der Waals surface area contributed by atoms with Crippen molar-refractivity contribution >= 4 is 17.3 Å². The highest BCUT2D eigenvalue weighted by Gasteiger charge is 2.30. The molecule has 0 radical (unpaired) electrons. The Bertz CT molecular complexity index is 466. The van der Waals surface area contributed by atoms with Gasteiger partial charge in [-0.15, -0.1) is 0 Å². The second-order valence-electron chi connectivity index (χ2n) is 5.07. The van der Waals surface area contributed by atoms with Crippen molar-refractivity contribution in [1.82, 2.24) is 9.97 Å². The fourth-order valence-corrected chi connectivity index (χ4v) is 2.28. The van der Waals surface area contributed by atoms with Crippen molar-refractivity contribution in [1.29, 1.82) is 0 Å². The quantitative estimate of drug-likeness (QED) is 0.534. The molecule has 0 bridgehead atoms. The molecule has 0 saturated carbocycles. The van der Waals surface area contributed by atoms with E-state index >= 15 is 0 Å². The van der Waals surface area contributed by atoms with Crippen LogP contribution in [0.2, 0.25) is 0 Å². The van der Waals surface area contributed by atoms with Crippen LogP contribution in [0.3, 0.4) is 0 Å². The first kappa shape index (κ1) is 17.1. The Morgan fingerprint density at radius 2 is 1.71 bits per heavy atom. The van der Waals surface area contributed by atoms with Gasteiger partial charge in [-0.3, -0.25) is 10.1 Å². The second kappa shape index (κ2) is 7.75. The van der Waals surface area contributed by atoms with E-state index in [-0.39, 0.29) is 17.0 Å². The Morgan fingerprint density at radius 1 is 1.14 bits per heavy atom. The summed E-state index contributed by atoms with van der Waals surface area (Å²) in [6.07, 6.45) is 4.85. The summed E-state index contributed by atoms with van der Waals surface area (Å²) in [5, 5.41) is 17.7. The van der Waals surface area contributed by atoms with E-state index in [1.165, 1.54) is 6.33 Å². The van der Waals surface area contributed by atoms with Crippen molar-refractivity contribution in [2.24, 2.45) is 0 Å². The standard InChI is InChI=1S/C14H25N5O2/c1-5-9-15-12-11(19(20)21)13(17-10-16-12)18-14(6-2,7-3)8-4/h10H,5-9H2,1-4H3,(H2,15,16,17,18). The summed E-state index contributed by atoms with van der Waals surface area (Å²) in [5.41, 5.74) is -0.258. The molecule has 0 spiro atoms. The molecule has 1 heterocycles. The lowest BCUT2D eigenvalue weighted by Gasteiger charge is -2.32. The molecule has 7 heteroatoms. The minimum absolute atomic E-state index is 0.0781. The highest BCUT2D eigenvalue weighted by Crippen LogP contribution is 2.33. The predicted octanol–water partition coefficient (Wildman–Crippen LogP) is 3.59.